The minimum atomic E-state index is -0.915. The van der Waals surface area contributed by atoms with E-state index in [2.05, 4.69) is 11.7 Å². The molecule has 0 aromatic rings. The molecule has 0 aromatic carbocycles. The number of carboxylic acid groups (broad SMARTS) is 1. The first kappa shape index (κ1) is 16.5. The van der Waals surface area contributed by atoms with Gasteiger partial charge in [0.05, 0.1) is 0 Å². The van der Waals surface area contributed by atoms with Crippen LogP contribution in [0.25, 0.3) is 0 Å². The summed E-state index contributed by atoms with van der Waals surface area (Å²) in [5.74, 6) is -0.915. The minimum Gasteiger partial charge on any atom is -0.480 e. The third-order valence-corrected chi connectivity index (χ3v) is 0.430. The maximum atomic E-state index is 9.63. The Balaban J connectivity index is -0.000000149. The van der Waals surface area contributed by atoms with Crippen molar-refractivity contribution in [2.45, 2.75) is 13.8 Å². The zero-order valence-corrected chi connectivity index (χ0v) is 6.89. The fraction of sp³-hybridized carbons (Fsp3) is 0.667. The molecule has 0 heterocycles. The van der Waals surface area contributed by atoms with E-state index in [1.54, 1.807) is 13.8 Å². The molecule has 0 fully saturated rings. The quantitative estimate of drug-likeness (QED) is 0.362. The molecule has 0 aliphatic heterocycles. The van der Waals surface area contributed by atoms with Crippen molar-refractivity contribution in [1.82, 2.24) is 0 Å². The van der Waals surface area contributed by atoms with Crippen molar-refractivity contribution in [2.24, 2.45) is 0 Å². The Hall–Kier alpha value is 0.0274. The van der Waals surface area contributed by atoms with Gasteiger partial charge in [-0.05, 0) is 6.92 Å². The smallest absolute Gasteiger partial charge is 0.480 e. The van der Waals surface area contributed by atoms with Crippen LogP contribution in [-0.4, -0.2) is 24.3 Å². The van der Waals surface area contributed by atoms with Gasteiger partial charge in [-0.25, -0.2) is 4.79 Å². The van der Waals surface area contributed by atoms with E-state index in [1.807, 2.05) is 0 Å². The molecule has 0 unspecified atom stereocenters. The Bertz CT molecular complexity index is 66.0. The molecule has 0 spiro atoms. The molecule has 3 nitrogen and oxygen atoms in total. The predicted octanol–water partition coefficient (Wildman–Crippen LogP) is -2.05. The molecule has 0 radical (unpaired) electrons. The van der Waals surface area contributed by atoms with E-state index in [9.17, 15) is 4.79 Å². The van der Waals surface area contributed by atoms with Crippen LogP contribution in [0.3, 0.4) is 0 Å². The summed E-state index contributed by atoms with van der Waals surface area (Å²) in [5.41, 5.74) is 0. The van der Waals surface area contributed by atoms with Gasteiger partial charge in [0.2, 0.25) is 0 Å². The van der Waals surface area contributed by atoms with Gasteiger partial charge in [-0.1, -0.05) is 0 Å². The molecule has 0 aromatic heterocycles. The molecule has 56 valence electrons. The Morgan fingerprint density at radius 3 is 2.10 bits per heavy atom. The topological polar surface area (TPSA) is 46.5 Å². The zero-order valence-electron chi connectivity index (χ0n) is 6.89. The summed E-state index contributed by atoms with van der Waals surface area (Å²) in [6.45, 7) is 7.03. The van der Waals surface area contributed by atoms with Crippen molar-refractivity contribution in [1.29, 1.82) is 0 Å². The van der Waals surface area contributed by atoms with E-state index < -0.39 is 5.97 Å². The summed E-state index contributed by atoms with van der Waals surface area (Å²) in [7, 11) is 0. The number of ether oxygens (including phenoxy) is 1. The third-order valence-electron chi connectivity index (χ3n) is 0.430. The molecule has 4 heteroatoms. The largest absolute Gasteiger partial charge is 1.00 e. The average molecular weight is 140 g/mol. The van der Waals surface area contributed by atoms with E-state index in [4.69, 9.17) is 5.11 Å². The van der Waals surface area contributed by atoms with Crippen molar-refractivity contribution >= 4 is 5.97 Å². The monoisotopic (exact) mass is 140 g/mol. The van der Waals surface area contributed by atoms with Gasteiger partial charge in [-0.2, -0.15) is 6.92 Å². The first-order chi connectivity index (χ1) is 4.27. The maximum Gasteiger partial charge on any atom is 1.00 e. The van der Waals surface area contributed by atoms with Crippen LogP contribution < -0.4 is 18.9 Å². The van der Waals surface area contributed by atoms with Gasteiger partial charge < -0.3 is 16.8 Å². The standard InChI is InChI=1S/C4H8O3.C2H5.Li/c1-2-7-3-4(5)6;1-2;/h2-3H2,1H3,(H,5,6);1H2,2H3;/q;-1;+1. The first-order valence-corrected chi connectivity index (χ1v) is 2.77. The van der Waals surface area contributed by atoms with E-state index in [0.29, 0.717) is 6.61 Å². The molecule has 0 bridgehead atoms. The van der Waals surface area contributed by atoms with E-state index >= 15 is 0 Å². The summed E-state index contributed by atoms with van der Waals surface area (Å²) in [6.07, 6.45) is 0. The molecule has 0 amide bonds. The number of rotatable bonds is 3. The number of hydrogen-bond acceptors (Lipinski definition) is 2. The van der Waals surface area contributed by atoms with E-state index in [-0.39, 0.29) is 25.5 Å². The summed E-state index contributed by atoms with van der Waals surface area (Å²) in [5, 5.41) is 7.92. The van der Waals surface area contributed by atoms with Crippen LogP contribution in [0, 0.1) is 6.92 Å². The Morgan fingerprint density at radius 2 is 2.00 bits per heavy atom. The van der Waals surface area contributed by atoms with Crippen LogP contribution in [0.5, 0.6) is 0 Å². The first-order valence-electron chi connectivity index (χ1n) is 2.77. The Morgan fingerprint density at radius 1 is 1.60 bits per heavy atom. The van der Waals surface area contributed by atoms with Gasteiger partial charge in [0.15, 0.2) is 0 Å². The number of hydrogen-bond donors (Lipinski definition) is 1. The van der Waals surface area contributed by atoms with Crippen molar-refractivity contribution in [3.05, 3.63) is 6.92 Å². The summed E-state index contributed by atoms with van der Waals surface area (Å²) in [4.78, 5) is 9.63. The summed E-state index contributed by atoms with van der Waals surface area (Å²) < 4.78 is 4.50. The number of aliphatic carboxylic acids is 1. The predicted molar refractivity (Wildman–Crippen MR) is 35.2 cm³/mol. The second-order valence-corrected chi connectivity index (χ2v) is 1.03. The van der Waals surface area contributed by atoms with Crippen LogP contribution in [0.4, 0.5) is 0 Å². The van der Waals surface area contributed by atoms with Gasteiger partial charge >= 0.3 is 24.8 Å². The summed E-state index contributed by atoms with van der Waals surface area (Å²) >= 11 is 0. The summed E-state index contributed by atoms with van der Waals surface area (Å²) in [6, 6.07) is 0. The van der Waals surface area contributed by atoms with Crippen LogP contribution in [-0.2, 0) is 9.53 Å². The third kappa shape index (κ3) is 24.4. The molecular formula is C6H13LiO3. The minimum absolute atomic E-state index is 0. The molecule has 10 heavy (non-hydrogen) atoms. The second-order valence-electron chi connectivity index (χ2n) is 1.03. The molecule has 0 saturated heterocycles. The van der Waals surface area contributed by atoms with Gasteiger partial charge in [-0.3, -0.25) is 0 Å². The molecule has 0 aliphatic rings. The SMILES string of the molecule is CCOCC(=O)O.[CH2-]C.[Li+]. The van der Waals surface area contributed by atoms with Gasteiger partial charge in [-0.15, -0.1) is 0 Å². The molecular weight excluding hydrogens is 127 g/mol. The number of carboxylic acids is 1. The van der Waals surface area contributed by atoms with Crippen LogP contribution in [0.15, 0.2) is 0 Å². The van der Waals surface area contributed by atoms with E-state index in [0.717, 1.165) is 0 Å². The Kier molecular flexibility index (Phi) is 26.5. The van der Waals surface area contributed by atoms with Crippen LogP contribution >= 0.6 is 0 Å². The zero-order chi connectivity index (χ0) is 7.70. The average Bonchev–Trinajstić information content (AvgIpc) is 1.88. The fourth-order valence-corrected chi connectivity index (χ4v) is 0.189. The molecule has 1 N–H and O–H groups in total. The van der Waals surface area contributed by atoms with Crippen molar-refractivity contribution in [3.63, 3.8) is 0 Å². The van der Waals surface area contributed by atoms with E-state index in [1.165, 1.54) is 0 Å². The normalized spacial score (nSPS) is 6.70. The molecule has 0 aliphatic carbocycles. The van der Waals surface area contributed by atoms with Crippen LogP contribution in [0.2, 0.25) is 0 Å². The number of carbonyl (C=O) groups is 1. The molecule has 0 saturated carbocycles. The molecule has 0 atom stereocenters. The van der Waals surface area contributed by atoms with Crippen molar-refractivity contribution in [3.8, 4) is 0 Å². The van der Waals surface area contributed by atoms with Gasteiger partial charge in [0.1, 0.15) is 6.61 Å². The Labute approximate surface area is 73.9 Å². The van der Waals surface area contributed by atoms with Gasteiger partial charge in [0, 0.05) is 6.61 Å². The second kappa shape index (κ2) is 16.0. The maximum absolute atomic E-state index is 9.63. The van der Waals surface area contributed by atoms with Gasteiger partial charge in [0.25, 0.3) is 0 Å². The fourth-order valence-electron chi connectivity index (χ4n) is 0.189. The van der Waals surface area contributed by atoms with Crippen LogP contribution in [0.1, 0.15) is 13.8 Å². The molecule has 0 rings (SSSR count). The van der Waals surface area contributed by atoms with Crippen molar-refractivity contribution in [2.75, 3.05) is 13.2 Å². The van der Waals surface area contributed by atoms with Crippen molar-refractivity contribution < 1.29 is 33.5 Å².